The number of non-ortho nitro benzene ring substituents is 1. The number of aliphatic hydroxyl groups is 2. The van der Waals surface area contributed by atoms with E-state index in [9.17, 15) is 20.3 Å². The van der Waals surface area contributed by atoms with Crippen molar-refractivity contribution in [3.8, 4) is 17.6 Å². The van der Waals surface area contributed by atoms with Gasteiger partial charge in [-0.2, -0.15) is 0 Å². The van der Waals surface area contributed by atoms with Crippen LogP contribution in [0.1, 0.15) is 122 Å². The molecule has 4 aliphatic heterocycles. The molecule has 1 saturated carbocycles. The average molecular weight is 1000 g/mol. The lowest BCUT2D eigenvalue weighted by molar-refractivity contribution is -0.384. The fraction of sp³-hybridized carbons (Fsp3) is 0.390. The van der Waals surface area contributed by atoms with Gasteiger partial charge in [0.15, 0.2) is 0 Å². The second-order valence-electron chi connectivity index (χ2n) is 20.0. The Morgan fingerprint density at radius 1 is 0.770 bits per heavy atom. The largest absolute Gasteiger partial charge is 0.491 e. The van der Waals surface area contributed by atoms with E-state index < -0.39 is 70.0 Å². The lowest BCUT2D eigenvalue weighted by Crippen LogP contribution is -2.56. The molecule has 2 N–H and O–H groups in total. The maximum absolute atomic E-state index is 16.9. The zero-order valence-electron chi connectivity index (χ0n) is 41.2. The van der Waals surface area contributed by atoms with Crippen LogP contribution < -0.4 is 9.64 Å². The van der Waals surface area contributed by atoms with Crippen LogP contribution in [-0.2, 0) is 35.9 Å². The van der Waals surface area contributed by atoms with Crippen LogP contribution >= 0.6 is 0 Å². The fourth-order valence-corrected chi connectivity index (χ4v) is 12.1. The van der Waals surface area contributed by atoms with Crippen molar-refractivity contribution in [3.05, 3.63) is 171 Å². The number of esters is 1. The highest BCUT2D eigenvalue weighted by Crippen LogP contribution is 2.67. The lowest BCUT2D eigenvalue weighted by Gasteiger charge is -2.46. The van der Waals surface area contributed by atoms with Gasteiger partial charge in [0, 0.05) is 36.3 Å². The highest BCUT2D eigenvalue weighted by molar-refractivity contribution is 6.23. The molecule has 0 aromatic heterocycles. The van der Waals surface area contributed by atoms with Crippen LogP contribution in [0.4, 0.5) is 16.2 Å². The van der Waals surface area contributed by atoms with Crippen LogP contribution in [0.2, 0.25) is 0 Å². The highest BCUT2D eigenvalue weighted by atomic mass is 16.6. The second-order valence-corrected chi connectivity index (χ2v) is 20.0. The lowest BCUT2D eigenvalue weighted by atomic mass is 9.64. The first kappa shape index (κ1) is 50.2. The molecule has 74 heavy (non-hydrogen) atoms. The van der Waals surface area contributed by atoms with Gasteiger partial charge in [0.2, 0.25) is 11.8 Å². The Labute approximate surface area is 430 Å². The van der Waals surface area contributed by atoms with Crippen LogP contribution in [0, 0.1) is 27.9 Å². The Bertz CT molecular complexity index is 2940. The minimum atomic E-state index is -2.13. The van der Waals surface area contributed by atoms with Crippen molar-refractivity contribution >= 4 is 35.3 Å². The first-order valence-corrected chi connectivity index (χ1v) is 25.9. The molecule has 382 valence electrons. The number of morpholine rings is 1. The Balaban J connectivity index is 1.25. The average Bonchev–Trinajstić information content (AvgIpc) is 3.76. The van der Waals surface area contributed by atoms with E-state index >= 15 is 19.2 Å². The van der Waals surface area contributed by atoms with E-state index in [-0.39, 0.29) is 42.5 Å². The summed E-state index contributed by atoms with van der Waals surface area (Å²) < 4.78 is 19.0. The summed E-state index contributed by atoms with van der Waals surface area (Å²) >= 11 is 0. The number of carbonyl (C=O) groups excluding carboxylic acids is 4. The van der Waals surface area contributed by atoms with E-state index in [1.165, 1.54) is 24.3 Å². The number of ether oxygens (including phenoxy) is 3. The van der Waals surface area contributed by atoms with Crippen LogP contribution in [0.25, 0.3) is 0 Å². The summed E-state index contributed by atoms with van der Waals surface area (Å²) in [7, 11) is 0. The van der Waals surface area contributed by atoms with Crippen LogP contribution in [-0.4, -0.2) is 86.8 Å². The molecule has 1 spiro atoms. The maximum Gasteiger partial charge on any atom is 0.421 e. The number of likely N-dealkylation sites (tertiary alicyclic amines) is 1. The van der Waals surface area contributed by atoms with Crippen molar-refractivity contribution < 1.29 is 48.5 Å². The fourth-order valence-electron chi connectivity index (χ4n) is 12.1. The van der Waals surface area contributed by atoms with Gasteiger partial charge in [0.1, 0.15) is 42.1 Å². The number of para-hydroxylation sites is 1. The van der Waals surface area contributed by atoms with Gasteiger partial charge in [0.05, 0.1) is 35.2 Å². The minimum Gasteiger partial charge on any atom is -0.491 e. The number of nitro benzene ring substituents is 1. The van der Waals surface area contributed by atoms with Gasteiger partial charge < -0.3 is 29.3 Å². The molecule has 0 bridgehead atoms. The number of fused-ring (bicyclic) bond motifs is 3. The Morgan fingerprint density at radius 3 is 2.08 bits per heavy atom. The Morgan fingerprint density at radius 2 is 1.41 bits per heavy atom. The zero-order valence-corrected chi connectivity index (χ0v) is 41.2. The summed E-state index contributed by atoms with van der Waals surface area (Å²) in [5.74, 6) is 3.16. The number of aliphatic hydroxyl groups excluding tert-OH is 1. The van der Waals surface area contributed by atoms with Crippen LogP contribution in [0.3, 0.4) is 0 Å². The smallest absolute Gasteiger partial charge is 0.421 e. The molecule has 3 saturated heterocycles. The summed E-state index contributed by atoms with van der Waals surface area (Å²) in [5.41, 5.74) is -0.544. The molecule has 1 aliphatic carbocycles. The van der Waals surface area contributed by atoms with Crippen molar-refractivity contribution in [1.29, 1.82) is 0 Å². The number of carbonyl (C=O) groups is 4. The number of nitro groups is 1. The third-order valence-corrected chi connectivity index (χ3v) is 15.5. The summed E-state index contributed by atoms with van der Waals surface area (Å²) in [5, 5.41) is 33.5. The number of cyclic esters (lactones) is 1. The predicted octanol–water partition coefficient (Wildman–Crippen LogP) is 9.20. The van der Waals surface area contributed by atoms with E-state index in [4.69, 9.17) is 14.2 Å². The summed E-state index contributed by atoms with van der Waals surface area (Å²) in [4.78, 5) is 79.7. The van der Waals surface area contributed by atoms with Crippen molar-refractivity contribution in [3.63, 3.8) is 0 Å². The molecule has 5 aliphatic rings. The Hall–Kier alpha value is -7.38. The molecule has 10 rings (SSSR count). The van der Waals surface area contributed by atoms with Crippen LogP contribution in [0.5, 0.6) is 5.75 Å². The Kier molecular flexibility index (Phi) is 14.6. The van der Waals surface area contributed by atoms with Crippen molar-refractivity contribution in [2.75, 3.05) is 31.2 Å². The van der Waals surface area contributed by atoms with Gasteiger partial charge in [-0.25, -0.2) is 9.69 Å². The van der Waals surface area contributed by atoms with E-state index in [1.54, 1.807) is 47.4 Å². The topological polar surface area (TPSA) is 189 Å². The zero-order chi connectivity index (χ0) is 51.4. The van der Waals surface area contributed by atoms with Gasteiger partial charge in [0.25, 0.3) is 5.69 Å². The van der Waals surface area contributed by atoms with Gasteiger partial charge in [-0.1, -0.05) is 123 Å². The van der Waals surface area contributed by atoms with Crippen molar-refractivity contribution in [2.24, 2.45) is 5.92 Å². The molecule has 3 amide bonds. The standard InChI is InChI=1S/C59H60N4O11/c64-36-37-72-48-23-13-12-22-45(48)53-59(49(54(65)60-34-16-4-1-5-17-35-60)51-55(66)74-52(43-20-10-7-11-21-43)50(62(51)53)42-18-8-6-9-19-42)46-38-40(30-33-58(69)31-14-2-3-15-32-58)26-29-47(46)61(56(59)67)57(68)73-39-41-24-27-44(28-25-41)63(70)71/h6-13,18-29,38,49-53,64,69H,1-5,14-17,31-32,34-37,39H2/t49-,50-,51-,52+,53+,59-/m0/s1. The molecule has 6 atom stereocenters. The number of imide groups is 1. The van der Waals surface area contributed by atoms with Gasteiger partial charge in [-0.05, 0) is 97.2 Å². The van der Waals surface area contributed by atoms with Crippen LogP contribution in [0.15, 0.2) is 127 Å². The van der Waals surface area contributed by atoms with Gasteiger partial charge >= 0.3 is 12.1 Å². The van der Waals surface area contributed by atoms with E-state index in [0.717, 1.165) is 55.4 Å². The van der Waals surface area contributed by atoms with E-state index in [1.807, 2.05) is 65.6 Å². The monoisotopic (exact) mass is 1000 g/mol. The molecule has 4 heterocycles. The molecule has 0 unspecified atom stereocenters. The minimum absolute atomic E-state index is 0.107. The van der Waals surface area contributed by atoms with E-state index in [0.29, 0.717) is 61.0 Å². The molecule has 15 nitrogen and oxygen atoms in total. The second kappa shape index (κ2) is 21.6. The first-order valence-electron chi connectivity index (χ1n) is 25.9. The summed E-state index contributed by atoms with van der Waals surface area (Å²) in [6.45, 7) is -0.0875. The van der Waals surface area contributed by atoms with Crippen molar-refractivity contribution in [1.82, 2.24) is 9.80 Å². The normalized spacial score (nSPS) is 24.5. The SMILES string of the molecule is O=C1O[C@H](c2ccccc2)[C@H](c2ccccc2)N2[C@H]1[C@@H](C(=O)N1CCCCCCC1)[C@]1(C(=O)N(C(=O)OCc3ccc([N+](=O)[O-])cc3)c3ccc(C#CC4(O)CCCCCC4)cc31)[C@H]2c1ccccc1OCCO. The van der Waals surface area contributed by atoms with Gasteiger partial charge in [-0.15, -0.1) is 0 Å². The number of benzene rings is 5. The van der Waals surface area contributed by atoms with E-state index in [2.05, 4.69) is 11.8 Å². The molecule has 5 aromatic rings. The number of amides is 3. The first-order chi connectivity index (χ1) is 36.0. The predicted molar refractivity (Wildman–Crippen MR) is 273 cm³/mol. The summed E-state index contributed by atoms with van der Waals surface area (Å²) in [6.07, 6.45) is 6.69. The molecular formula is C59H60N4O11. The number of nitrogens with zero attached hydrogens (tertiary/aromatic N) is 4. The number of hydrogen-bond donors (Lipinski definition) is 2. The maximum atomic E-state index is 16.9. The third kappa shape index (κ3) is 9.42. The molecule has 5 aromatic carbocycles. The third-order valence-electron chi connectivity index (χ3n) is 15.5. The molecule has 15 heteroatoms. The number of hydrogen-bond acceptors (Lipinski definition) is 12. The van der Waals surface area contributed by atoms with Gasteiger partial charge in [-0.3, -0.25) is 29.4 Å². The van der Waals surface area contributed by atoms with Crippen molar-refractivity contribution in [2.45, 2.75) is 112 Å². The molecular weight excluding hydrogens is 941 g/mol. The summed E-state index contributed by atoms with van der Waals surface area (Å²) in [6, 6.07) is 32.9. The molecule has 4 fully saturated rings. The highest BCUT2D eigenvalue weighted by Gasteiger charge is 2.76. The number of anilines is 1. The number of rotatable bonds is 10. The quantitative estimate of drug-likeness (QED) is 0.0444. The molecule has 0 radical (unpaired) electrons.